The first-order valence-corrected chi connectivity index (χ1v) is 8.78. The lowest BCUT2D eigenvalue weighted by Crippen LogP contribution is -2.04. The summed E-state index contributed by atoms with van der Waals surface area (Å²) in [6.45, 7) is 1.85. The van der Waals surface area contributed by atoms with Crippen LogP contribution in [-0.2, 0) is 0 Å². The van der Waals surface area contributed by atoms with Gasteiger partial charge in [-0.3, -0.25) is 4.79 Å². The van der Waals surface area contributed by atoms with Gasteiger partial charge in [0.25, 0.3) is 5.89 Å². The highest BCUT2D eigenvalue weighted by Gasteiger charge is 2.31. The predicted molar refractivity (Wildman–Crippen MR) is 94.9 cm³/mol. The molecule has 6 nitrogen and oxygen atoms in total. The molecule has 0 bridgehead atoms. The summed E-state index contributed by atoms with van der Waals surface area (Å²) in [7, 11) is 1.52. The number of hydrogen-bond acceptors (Lipinski definition) is 5. The molecule has 4 rings (SSSR count). The zero-order chi connectivity index (χ0) is 17.6. The molecule has 0 atom stereocenters. The van der Waals surface area contributed by atoms with Crippen molar-refractivity contribution in [2.45, 2.75) is 25.7 Å². The number of nitrogens with zero attached hydrogens (tertiary/aromatic N) is 2. The number of H-pyrrole nitrogens is 1. The van der Waals surface area contributed by atoms with Gasteiger partial charge in [0.2, 0.25) is 11.8 Å². The van der Waals surface area contributed by atoms with Crippen LogP contribution in [0.3, 0.4) is 0 Å². The van der Waals surface area contributed by atoms with Crippen molar-refractivity contribution in [1.29, 1.82) is 0 Å². The van der Waals surface area contributed by atoms with E-state index in [0.29, 0.717) is 40.4 Å². The number of benzene rings is 1. The van der Waals surface area contributed by atoms with Crippen molar-refractivity contribution in [3.8, 4) is 17.5 Å². The minimum Gasteiger partial charge on any atom is -0.482 e. The smallest absolute Gasteiger partial charge is 0.264 e. The number of methoxy groups -OCH3 is 1. The van der Waals surface area contributed by atoms with Crippen LogP contribution in [0.2, 0.25) is 0 Å². The second kappa shape index (κ2) is 6.15. The van der Waals surface area contributed by atoms with E-state index in [4.69, 9.17) is 9.15 Å². The van der Waals surface area contributed by atoms with Gasteiger partial charge in [-0.15, -0.1) is 10.2 Å². The number of carbonyl (C=O) groups is 1. The van der Waals surface area contributed by atoms with E-state index < -0.39 is 0 Å². The van der Waals surface area contributed by atoms with Crippen molar-refractivity contribution >= 4 is 21.7 Å². The van der Waals surface area contributed by atoms with Gasteiger partial charge in [-0.1, -0.05) is 28.1 Å². The molecule has 3 aromatic rings. The molecule has 1 aliphatic rings. The molecule has 0 radical (unpaired) electrons. The Hall–Kier alpha value is -2.41. The highest BCUT2D eigenvalue weighted by molar-refractivity contribution is 9.10. The van der Waals surface area contributed by atoms with E-state index >= 15 is 0 Å². The Morgan fingerprint density at radius 3 is 2.84 bits per heavy atom. The Morgan fingerprint density at radius 2 is 2.16 bits per heavy atom. The summed E-state index contributed by atoms with van der Waals surface area (Å²) >= 11 is 3.40. The Labute approximate surface area is 152 Å². The number of ketones is 1. The molecule has 2 heterocycles. The van der Waals surface area contributed by atoms with Crippen LogP contribution in [0.15, 0.2) is 33.2 Å². The summed E-state index contributed by atoms with van der Waals surface area (Å²) in [5, 5.41) is 8.23. The fourth-order valence-corrected chi connectivity index (χ4v) is 3.21. The third-order valence-corrected chi connectivity index (χ3v) is 4.81. The molecule has 1 aromatic carbocycles. The maximum absolute atomic E-state index is 13.0. The Bertz CT molecular complexity index is 956. The number of halogens is 1. The highest BCUT2D eigenvalue weighted by Crippen LogP contribution is 2.41. The topological polar surface area (TPSA) is 81.0 Å². The second-order valence-electron chi connectivity index (χ2n) is 6.09. The molecule has 1 fully saturated rings. The van der Waals surface area contributed by atoms with E-state index in [2.05, 4.69) is 31.1 Å². The molecule has 128 valence electrons. The van der Waals surface area contributed by atoms with Gasteiger partial charge in [-0.05, 0) is 37.5 Å². The molecule has 0 unspecified atom stereocenters. The lowest BCUT2D eigenvalue weighted by atomic mass is 10.0. The maximum atomic E-state index is 13.0. The van der Waals surface area contributed by atoms with Crippen molar-refractivity contribution in [2.75, 3.05) is 7.11 Å². The van der Waals surface area contributed by atoms with E-state index in [1.807, 2.05) is 19.1 Å². The van der Waals surface area contributed by atoms with Gasteiger partial charge in [0, 0.05) is 16.0 Å². The van der Waals surface area contributed by atoms with Crippen LogP contribution in [0.5, 0.6) is 5.88 Å². The second-order valence-corrected chi connectivity index (χ2v) is 7.01. The van der Waals surface area contributed by atoms with Gasteiger partial charge in [-0.2, -0.15) is 0 Å². The first-order chi connectivity index (χ1) is 12.1. The number of carbonyl (C=O) groups excluding carboxylic acids is 1. The first kappa shape index (κ1) is 16.1. The van der Waals surface area contributed by atoms with Crippen LogP contribution in [0, 0.1) is 6.92 Å². The van der Waals surface area contributed by atoms with Crippen molar-refractivity contribution in [3.05, 3.63) is 51.3 Å². The van der Waals surface area contributed by atoms with Gasteiger partial charge < -0.3 is 14.1 Å². The molecule has 2 aromatic heterocycles. The number of ether oxygens (including phenoxy) is 1. The number of hydrogen-bond donors (Lipinski definition) is 1. The molecule has 7 heteroatoms. The zero-order valence-electron chi connectivity index (χ0n) is 13.8. The summed E-state index contributed by atoms with van der Waals surface area (Å²) in [6.07, 6.45) is 2.17. The number of aromatic nitrogens is 3. The third kappa shape index (κ3) is 2.89. The minimum atomic E-state index is -0.125. The molecule has 0 aliphatic heterocycles. The van der Waals surface area contributed by atoms with Crippen LogP contribution < -0.4 is 4.74 Å². The van der Waals surface area contributed by atoms with Crippen molar-refractivity contribution in [3.63, 3.8) is 0 Å². The molecule has 25 heavy (non-hydrogen) atoms. The largest absolute Gasteiger partial charge is 0.482 e. The van der Waals surface area contributed by atoms with Crippen LogP contribution >= 0.6 is 15.9 Å². The molecule has 0 saturated heterocycles. The summed E-state index contributed by atoms with van der Waals surface area (Å²) in [5.41, 5.74) is 2.40. The number of rotatable bonds is 5. The predicted octanol–water partition coefficient (Wildman–Crippen LogP) is 4.25. The minimum absolute atomic E-state index is 0.125. The molecule has 1 aliphatic carbocycles. The van der Waals surface area contributed by atoms with Crippen LogP contribution in [0.4, 0.5) is 0 Å². The van der Waals surface area contributed by atoms with Crippen LogP contribution in [-0.4, -0.2) is 28.1 Å². The third-order valence-electron chi connectivity index (χ3n) is 4.31. The normalized spacial score (nSPS) is 13.9. The van der Waals surface area contributed by atoms with Crippen molar-refractivity contribution in [1.82, 2.24) is 15.2 Å². The molecule has 1 N–H and O–H groups in total. The summed E-state index contributed by atoms with van der Waals surface area (Å²) in [6, 6.07) is 7.26. The van der Waals surface area contributed by atoms with Gasteiger partial charge in [0.1, 0.15) is 5.69 Å². The number of aromatic amines is 1. The fourth-order valence-electron chi connectivity index (χ4n) is 2.81. The lowest BCUT2D eigenvalue weighted by Gasteiger charge is -2.04. The molecular weight excluding hydrogens is 386 g/mol. The van der Waals surface area contributed by atoms with Crippen LogP contribution in [0.1, 0.15) is 46.1 Å². The van der Waals surface area contributed by atoms with Crippen LogP contribution in [0.25, 0.3) is 11.6 Å². The van der Waals surface area contributed by atoms with Gasteiger partial charge >= 0.3 is 0 Å². The SMILES string of the molecule is COc1[nH]c(-c2nnc(C3CC3)o2)c(C)c1C(=O)c1cccc(Br)c1. The van der Waals surface area contributed by atoms with E-state index in [0.717, 1.165) is 22.9 Å². The monoisotopic (exact) mass is 401 g/mol. The van der Waals surface area contributed by atoms with Crippen molar-refractivity contribution < 1.29 is 13.9 Å². The standard InChI is InChI=1S/C18H16BrN3O3/c1-9-13(15(23)11-4-3-5-12(19)8-11)17(24-2)20-14(9)18-22-21-16(25-18)10-6-7-10/h3-5,8,10,20H,6-7H2,1-2H3. The van der Waals surface area contributed by atoms with Gasteiger partial charge in [0.05, 0.1) is 12.7 Å². The fraction of sp³-hybridized carbons (Fsp3) is 0.278. The van der Waals surface area contributed by atoms with Crippen molar-refractivity contribution in [2.24, 2.45) is 0 Å². The summed E-state index contributed by atoms with van der Waals surface area (Å²) in [4.78, 5) is 16.1. The average molecular weight is 402 g/mol. The Balaban J connectivity index is 1.77. The van der Waals surface area contributed by atoms with E-state index in [1.165, 1.54) is 7.11 Å². The Morgan fingerprint density at radius 1 is 1.36 bits per heavy atom. The Kier molecular flexibility index (Phi) is 3.95. The molecule has 0 spiro atoms. The summed E-state index contributed by atoms with van der Waals surface area (Å²) < 4.78 is 12.0. The highest BCUT2D eigenvalue weighted by atomic mass is 79.9. The van der Waals surface area contributed by atoms with Gasteiger partial charge in [-0.25, -0.2) is 0 Å². The maximum Gasteiger partial charge on any atom is 0.264 e. The number of nitrogens with one attached hydrogen (secondary N) is 1. The van der Waals surface area contributed by atoms with E-state index in [-0.39, 0.29) is 5.78 Å². The first-order valence-electron chi connectivity index (χ1n) is 7.99. The summed E-state index contributed by atoms with van der Waals surface area (Å²) in [5.74, 6) is 1.68. The van der Waals surface area contributed by atoms with E-state index in [1.54, 1.807) is 12.1 Å². The molecule has 1 saturated carbocycles. The van der Waals surface area contributed by atoms with E-state index in [9.17, 15) is 4.79 Å². The molecule has 0 amide bonds. The average Bonchev–Trinajstić information content (AvgIpc) is 3.25. The quantitative estimate of drug-likeness (QED) is 0.646. The molecular formula is C18H16BrN3O3. The zero-order valence-corrected chi connectivity index (χ0v) is 15.4. The van der Waals surface area contributed by atoms with Gasteiger partial charge in [0.15, 0.2) is 5.78 Å². The lowest BCUT2D eigenvalue weighted by molar-refractivity contribution is 0.103.